The van der Waals surface area contributed by atoms with E-state index in [1.807, 2.05) is 13.8 Å². The van der Waals surface area contributed by atoms with Gasteiger partial charge in [-0.05, 0) is 6.07 Å². The fourth-order valence-corrected chi connectivity index (χ4v) is 1.11. The lowest BCUT2D eigenvalue weighted by molar-refractivity contribution is 0.748. The fraction of sp³-hybridized carbons (Fsp3) is 0.333. The predicted molar refractivity (Wildman–Crippen MR) is 52.0 cm³/mol. The first-order valence-corrected chi connectivity index (χ1v) is 4.40. The molecule has 0 unspecified atom stereocenters. The lowest BCUT2D eigenvalue weighted by Crippen LogP contribution is -2.08. The van der Waals surface area contributed by atoms with Crippen LogP contribution >= 0.6 is 0 Å². The Morgan fingerprint density at radius 3 is 2.79 bits per heavy atom. The highest BCUT2D eigenvalue weighted by molar-refractivity contribution is 5.67. The fourth-order valence-electron chi connectivity index (χ4n) is 1.11. The van der Waals surface area contributed by atoms with E-state index in [1.54, 1.807) is 6.07 Å². The molecule has 0 amide bonds. The van der Waals surface area contributed by atoms with Crippen molar-refractivity contribution in [3.63, 3.8) is 0 Å². The summed E-state index contributed by atoms with van der Waals surface area (Å²) in [5, 5.41) is 7.91. The third-order valence-electron chi connectivity index (χ3n) is 1.88. The molecule has 0 spiro atoms. The van der Waals surface area contributed by atoms with Crippen molar-refractivity contribution in [3.05, 3.63) is 28.3 Å². The highest BCUT2D eigenvalue weighted by Crippen LogP contribution is 2.09. The first-order chi connectivity index (χ1) is 6.66. The van der Waals surface area contributed by atoms with Gasteiger partial charge in [0, 0.05) is 12.0 Å². The molecule has 2 aromatic heterocycles. The largest absolute Gasteiger partial charge is 0.305 e. The topological polar surface area (TPSA) is 71.5 Å². The number of rotatable bonds is 1. The second kappa shape index (κ2) is 3.17. The number of hydrogen-bond acceptors (Lipinski definition) is 4. The Hall–Kier alpha value is -1.78. The van der Waals surface area contributed by atoms with Gasteiger partial charge in [-0.25, -0.2) is 4.98 Å². The third-order valence-corrected chi connectivity index (χ3v) is 1.88. The van der Waals surface area contributed by atoms with Gasteiger partial charge in [0.25, 0.3) is 0 Å². The highest BCUT2D eigenvalue weighted by Gasteiger charge is 2.05. The van der Waals surface area contributed by atoms with Crippen LogP contribution in [0.5, 0.6) is 0 Å². The van der Waals surface area contributed by atoms with Gasteiger partial charge in [-0.2, -0.15) is 0 Å². The lowest BCUT2D eigenvalue weighted by atomic mass is 10.2. The van der Waals surface area contributed by atoms with Crippen molar-refractivity contribution < 1.29 is 0 Å². The van der Waals surface area contributed by atoms with Gasteiger partial charge < -0.3 is 4.98 Å². The quantitative estimate of drug-likeness (QED) is 0.723. The Kier molecular flexibility index (Phi) is 1.99. The maximum Gasteiger partial charge on any atom is 0.249 e. The molecule has 0 aliphatic carbocycles. The number of nitrogens with zero attached hydrogens (tertiary/aromatic N) is 3. The number of pyridine rings is 1. The molecule has 2 rings (SSSR count). The van der Waals surface area contributed by atoms with Gasteiger partial charge in [0.2, 0.25) is 5.56 Å². The Morgan fingerprint density at radius 1 is 1.29 bits per heavy atom. The number of nitrogens with one attached hydrogen (secondary N) is 1. The van der Waals surface area contributed by atoms with Crippen LogP contribution in [-0.2, 0) is 0 Å². The summed E-state index contributed by atoms with van der Waals surface area (Å²) in [5.74, 6) is 0.843. The van der Waals surface area contributed by atoms with Gasteiger partial charge in [-0.1, -0.05) is 13.8 Å². The Bertz CT molecular complexity index is 517. The van der Waals surface area contributed by atoms with E-state index in [1.165, 1.54) is 6.07 Å². The molecule has 0 aliphatic heterocycles. The molecule has 0 fully saturated rings. The van der Waals surface area contributed by atoms with E-state index in [0.29, 0.717) is 17.0 Å². The molecule has 0 atom stereocenters. The minimum Gasteiger partial charge on any atom is -0.305 e. The van der Waals surface area contributed by atoms with Gasteiger partial charge >= 0.3 is 0 Å². The van der Waals surface area contributed by atoms with E-state index in [9.17, 15) is 4.79 Å². The standard InChI is InChI=1S/C9H10N4O/c1-5(2)8-11-9-6(12-13-8)3-4-7(14)10-9/h3-5H,1-2H3,(H,10,11,13,14). The van der Waals surface area contributed by atoms with Crippen LogP contribution < -0.4 is 5.56 Å². The molecule has 1 N–H and O–H groups in total. The second-order valence-corrected chi connectivity index (χ2v) is 3.38. The molecule has 5 nitrogen and oxygen atoms in total. The molecule has 0 bridgehead atoms. The smallest absolute Gasteiger partial charge is 0.249 e. The maximum atomic E-state index is 11.0. The molecule has 0 saturated carbocycles. The predicted octanol–water partition coefficient (Wildman–Crippen LogP) is 0.837. The van der Waals surface area contributed by atoms with Gasteiger partial charge in [0.15, 0.2) is 11.5 Å². The van der Waals surface area contributed by atoms with Crippen molar-refractivity contribution in [2.24, 2.45) is 0 Å². The molecule has 14 heavy (non-hydrogen) atoms. The number of aromatic amines is 1. The Balaban J connectivity index is 2.69. The average Bonchev–Trinajstić information content (AvgIpc) is 2.16. The third kappa shape index (κ3) is 1.48. The monoisotopic (exact) mass is 190 g/mol. The summed E-state index contributed by atoms with van der Waals surface area (Å²) in [6.07, 6.45) is 0. The molecule has 0 aromatic carbocycles. The van der Waals surface area contributed by atoms with Crippen molar-refractivity contribution >= 4 is 11.2 Å². The number of H-pyrrole nitrogens is 1. The Morgan fingerprint density at radius 2 is 2.07 bits per heavy atom. The normalized spacial score (nSPS) is 11.1. The van der Waals surface area contributed by atoms with Gasteiger partial charge in [0.1, 0.15) is 5.52 Å². The molecule has 2 heterocycles. The average molecular weight is 190 g/mol. The minimum atomic E-state index is -0.173. The number of fused-ring (bicyclic) bond motifs is 1. The van der Waals surface area contributed by atoms with E-state index in [0.717, 1.165) is 0 Å². The van der Waals surface area contributed by atoms with E-state index in [-0.39, 0.29) is 11.5 Å². The van der Waals surface area contributed by atoms with Crippen LogP contribution in [0.15, 0.2) is 16.9 Å². The summed E-state index contributed by atoms with van der Waals surface area (Å²) in [6, 6.07) is 3.02. The molecule has 2 aromatic rings. The van der Waals surface area contributed by atoms with Gasteiger partial charge in [-0.15, -0.1) is 10.2 Å². The maximum absolute atomic E-state index is 11.0. The molecular weight excluding hydrogens is 180 g/mol. The zero-order valence-electron chi connectivity index (χ0n) is 7.98. The molecular formula is C9H10N4O. The highest BCUT2D eigenvalue weighted by atomic mass is 16.1. The van der Waals surface area contributed by atoms with Crippen LogP contribution in [0, 0.1) is 0 Å². The summed E-state index contributed by atoms with van der Waals surface area (Å²) in [7, 11) is 0. The number of aromatic nitrogens is 4. The SMILES string of the molecule is CC(C)c1nnc2ccc(=O)[nH]c2n1. The first kappa shape index (κ1) is 8.80. The van der Waals surface area contributed by atoms with E-state index in [2.05, 4.69) is 20.2 Å². The van der Waals surface area contributed by atoms with Crippen LogP contribution in [0.25, 0.3) is 11.2 Å². The molecule has 0 saturated heterocycles. The minimum absolute atomic E-state index is 0.173. The Labute approximate surface area is 80.2 Å². The first-order valence-electron chi connectivity index (χ1n) is 4.40. The second-order valence-electron chi connectivity index (χ2n) is 3.38. The summed E-state index contributed by atoms with van der Waals surface area (Å²) in [6.45, 7) is 3.95. The summed E-state index contributed by atoms with van der Waals surface area (Å²) >= 11 is 0. The van der Waals surface area contributed by atoms with Crippen molar-refractivity contribution in [2.45, 2.75) is 19.8 Å². The van der Waals surface area contributed by atoms with Gasteiger partial charge in [0.05, 0.1) is 0 Å². The van der Waals surface area contributed by atoms with Crippen LogP contribution in [0.1, 0.15) is 25.6 Å². The van der Waals surface area contributed by atoms with Crippen molar-refractivity contribution in [1.82, 2.24) is 20.2 Å². The van der Waals surface area contributed by atoms with Gasteiger partial charge in [-0.3, -0.25) is 4.79 Å². The van der Waals surface area contributed by atoms with Crippen LogP contribution in [0.3, 0.4) is 0 Å². The zero-order valence-corrected chi connectivity index (χ0v) is 7.98. The number of hydrogen-bond donors (Lipinski definition) is 1. The van der Waals surface area contributed by atoms with Crippen molar-refractivity contribution in [1.29, 1.82) is 0 Å². The summed E-state index contributed by atoms with van der Waals surface area (Å²) in [4.78, 5) is 17.8. The molecule has 0 radical (unpaired) electrons. The van der Waals surface area contributed by atoms with Crippen LogP contribution in [-0.4, -0.2) is 20.2 Å². The van der Waals surface area contributed by atoms with E-state index < -0.39 is 0 Å². The van der Waals surface area contributed by atoms with Crippen molar-refractivity contribution in [3.8, 4) is 0 Å². The summed E-state index contributed by atoms with van der Waals surface area (Å²) < 4.78 is 0. The lowest BCUT2D eigenvalue weighted by Gasteiger charge is -2.02. The molecule has 0 aliphatic rings. The molecule has 5 heteroatoms. The van der Waals surface area contributed by atoms with Crippen molar-refractivity contribution in [2.75, 3.05) is 0 Å². The van der Waals surface area contributed by atoms with Crippen LogP contribution in [0.2, 0.25) is 0 Å². The van der Waals surface area contributed by atoms with E-state index >= 15 is 0 Å². The van der Waals surface area contributed by atoms with Crippen LogP contribution in [0.4, 0.5) is 0 Å². The summed E-state index contributed by atoms with van der Waals surface area (Å²) in [5.41, 5.74) is 0.929. The molecule has 72 valence electrons. The zero-order chi connectivity index (χ0) is 10.1. The van der Waals surface area contributed by atoms with E-state index in [4.69, 9.17) is 0 Å².